The summed E-state index contributed by atoms with van der Waals surface area (Å²) in [6.45, 7) is 8.76. The number of halogens is 3. The highest BCUT2D eigenvalue weighted by Crippen LogP contribution is 2.69. The fourth-order valence-electron chi connectivity index (χ4n) is 8.74. The third-order valence-corrected chi connectivity index (χ3v) is 10.7. The minimum absolute atomic E-state index is 0.0259. The lowest BCUT2D eigenvalue weighted by atomic mass is 9.43. The van der Waals surface area contributed by atoms with E-state index in [4.69, 9.17) is 0 Å². The highest BCUT2D eigenvalue weighted by Gasteiger charge is 2.65. The van der Waals surface area contributed by atoms with Gasteiger partial charge in [0.25, 0.3) is 0 Å². The van der Waals surface area contributed by atoms with Gasteiger partial charge in [0.05, 0.1) is 6.10 Å². The van der Waals surface area contributed by atoms with E-state index in [2.05, 4.69) is 20.8 Å². The van der Waals surface area contributed by atoms with Gasteiger partial charge in [-0.05, 0) is 111 Å². The van der Waals surface area contributed by atoms with Crippen LogP contribution in [0.15, 0.2) is 0 Å². The second kappa shape index (κ2) is 6.85. The highest BCUT2D eigenvalue weighted by molar-refractivity contribution is 5.11. The number of hydrogen-bond donors (Lipinski definition) is 2. The molecule has 0 amide bonds. The van der Waals surface area contributed by atoms with Crippen molar-refractivity contribution in [3.8, 4) is 0 Å². The predicted molar refractivity (Wildman–Crippen MR) is 107 cm³/mol. The van der Waals surface area contributed by atoms with Gasteiger partial charge < -0.3 is 10.2 Å². The van der Waals surface area contributed by atoms with Gasteiger partial charge in [-0.1, -0.05) is 20.8 Å². The summed E-state index contributed by atoms with van der Waals surface area (Å²) in [5, 5.41) is 20.6. The summed E-state index contributed by atoms with van der Waals surface area (Å²) < 4.78 is 40.4. The summed E-state index contributed by atoms with van der Waals surface area (Å²) in [5.74, 6) is 2.53. The van der Waals surface area contributed by atoms with Crippen molar-refractivity contribution in [3.05, 3.63) is 0 Å². The van der Waals surface area contributed by atoms with Gasteiger partial charge in [0, 0.05) is 0 Å². The molecular formula is C24H39F3O2. The third-order valence-electron chi connectivity index (χ3n) is 10.7. The van der Waals surface area contributed by atoms with Gasteiger partial charge in [0.2, 0.25) is 0 Å². The molecule has 4 aliphatic carbocycles. The molecule has 0 aliphatic heterocycles. The standard InChI is InChI=1S/C24H39F3O2/c1-14(15(2)28)18-7-8-19-17-6-5-16-13-23(29,24(25,26)27)12-11-21(16,3)20(17)9-10-22(18,19)4/h14-20,28-29H,5-13H2,1-4H3/t14-,15-,16-,17+,18?,19+,20+,21+,22-,23-/m1/s1. The monoisotopic (exact) mass is 416 g/mol. The molecule has 0 saturated heterocycles. The van der Waals surface area contributed by atoms with E-state index in [1.807, 2.05) is 6.92 Å². The van der Waals surface area contributed by atoms with Crippen LogP contribution in [0.25, 0.3) is 0 Å². The van der Waals surface area contributed by atoms with Gasteiger partial charge >= 0.3 is 6.18 Å². The zero-order valence-electron chi connectivity index (χ0n) is 18.4. The lowest BCUT2D eigenvalue weighted by Crippen LogP contribution is -2.59. The van der Waals surface area contributed by atoms with E-state index in [9.17, 15) is 23.4 Å². The van der Waals surface area contributed by atoms with Crippen molar-refractivity contribution < 1.29 is 23.4 Å². The Balaban J connectivity index is 1.56. The maximum atomic E-state index is 13.5. The van der Waals surface area contributed by atoms with Gasteiger partial charge in [-0.25, -0.2) is 0 Å². The fraction of sp³-hybridized carbons (Fsp3) is 1.00. The number of rotatable bonds is 2. The molecule has 168 valence electrons. The molecule has 0 spiro atoms. The highest BCUT2D eigenvalue weighted by atomic mass is 19.4. The zero-order chi connectivity index (χ0) is 21.4. The predicted octanol–water partition coefficient (Wildman–Crippen LogP) is 5.96. The smallest absolute Gasteiger partial charge is 0.393 e. The molecule has 4 saturated carbocycles. The van der Waals surface area contributed by atoms with Crippen LogP contribution >= 0.6 is 0 Å². The Hall–Kier alpha value is -0.290. The van der Waals surface area contributed by atoms with Gasteiger partial charge in [0.1, 0.15) is 0 Å². The van der Waals surface area contributed by atoms with E-state index in [1.54, 1.807) is 0 Å². The molecule has 0 aromatic rings. The summed E-state index contributed by atoms with van der Waals surface area (Å²) in [6.07, 6.45) is 1.85. The summed E-state index contributed by atoms with van der Waals surface area (Å²) in [5.41, 5.74) is -2.31. The molecule has 10 atom stereocenters. The van der Waals surface area contributed by atoms with Crippen molar-refractivity contribution in [3.63, 3.8) is 0 Å². The SMILES string of the molecule is C[C@@H](O)[C@@H](C)C1CC[C@H]2[C@@H]3CC[C@@H]4C[C@@](O)(C(F)(F)F)CC[C@]4(C)[C@H]3CC[C@]12C. The number of fused-ring (bicyclic) bond motifs is 5. The Morgan fingerprint density at radius 1 is 0.862 bits per heavy atom. The van der Waals surface area contributed by atoms with Crippen LogP contribution in [0.2, 0.25) is 0 Å². The Morgan fingerprint density at radius 2 is 1.52 bits per heavy atom. The van der Waals surface area contributed by atoms with E-state index in [1.165, 1.54) is 12.8 Å². The van der Waals surface area contributed by atoms with Crippen molar-refractivity contribution >= 4 is 0 Å². The summed E-state index contributed by atoms with van der Waals surface area (Å²) >= 11 is 0. The zero-order valence-corrected chi connectivity index (χ0v) is 18.4. The van der Waals surface area contributed by atoms with E-state index >= 15 is 0 Å². The molecule has 0 aromatic heterocycles. The Labute approximate surface area is 173 Å². The minimum atomic E-state index is -4.52. The van der Waals surface area contributed by atoms with Crippen LogP contribution < -0.4 is 0 Å². The first-order valence-electron chi connectivity index (χ1n) is 11.8. The summed E-state index contributed by atoms with van der Waals surface area (Å²) in [7, 11) is 0. The van der Waals surface area contributed by atoms with Crippen LogP contribution in [-0.2, 0) is 0 Å². The molecular weight excluding hydrogens is 377 g/mol. The normalized spacial score (nSPS) is 52.2. The number of alkyl halides is 3. The topological polar surface area (TPSA) is 40.5 Å². The third kappa shape index (κ3) is 3.11. The number of hydrogen-bond acceptors (Lipinski definition) is 2. The fourth-order valence-corrected chi connectivity index (χ4v) is 8.74. The first-order valence-corrected chi connectivity index (χ1v) is 11.8. The number of aliphatic hydroxyl groups is 2. The Bertz CT molecular complexity index is 634. The molecule has 0 radical (unpaired) electrons. The molecule has 2 N–H and O–H groups in total. The molecule has 2 nitrogen and oxygen atoms in total. The van der Waals surface area contributed by atoms with Crippen LogP contribution in [0.5, 0.6) is 0 Å². The second-order valence-electron chi connectivity index (χ2n) is 11.7. The molecule has 4 aliphatic rings. The van der Waals surface area contributed by atoms with Gasteiger partial charge in [0.15, 0.2) is 5.60 Å². The molecule has 29 heavy (non-hydrogen) atoms. The van der Waals surface area contributed by atoms with Crippen LogP contribution in [-0.4, -0.2) is 28.1 Å². The molecule has 0 bridgehead atoms. The molecule has 5 heteroatoms. The van der Waals surface area contributed by atoms with Crippen LogP contribution in [0.4, 0.5) is 13.2 Å². The average molecular weight is 417 g/mol. The van der Waals surface area contributed by atoms with Gasteiger partial charge in [-0.15, -0.1) is 0 Å². The Kier molecular flexibility index (Phi) is 5.18. The quantitative estimate of drug-likeness (QED) is 0.583. The van der Waals surface area contributed by atoms with E-state index in [0.717, 1.165) is 25.7 Å². The minimum Gasteiger partial charge on any atom is -0.393 e. The maximum absolute atomic E-state index is 13.5. The number of aliphatic hydroxyl groups excluding tert-OH is 1. The van der Waals surface area contributed by atoms with Crippen molar-refractivity contribution in [2.45, 2.75) is 103 Å². The van der Waals surface area contributed by atoms with Crippen molar-refractivity contribution in [1.29, 1.82) is 0 Å². The molecule has 1 unspecified atom stereocenters. The maximum Gasteiger partial charge on any atom is 0.417 e. The van der Waals surface area contributed by atoms with E-state index in [-0.39, 0.29) is 35.7 Å². The Morgan fingerprint density at radius 3 is 2.14 bits per heavy atom. The van der Waals surface area contributed by atoms with Crippen molar-refractivity contribution in [2.75, 3.05) is 0 Å². The molecule has 4 rings (SSSR count). The summed E-state index contributed by atoms with van der Waals surface area (Å²) in [4.78, 5) is 0. The average Bonchev–Trinajstić information content (AvgIpc) is 2.98. The van der Waals surface area contributed by atoms with Crippen LogP contribution in [0.3, 0.4) is 0 Å². The van der Waals surface area contributed by atoms with Gasteiger partial charge in [-0.3, -0.25) is 0 Å². The lowest BCUT2D eigenvalue weighted by molar-refractivity contribution is -0.290. The first kappa shape index (κ1) is 21.9. The van der Waals surface area contributed by atoms with Crippen LogP contribution in [0, 0.1) is 46.3 Å². The molecule has 0 aromatic carbocycles. The van der Waals surface area contributed by atoms with Crippen LogP contribution in [0.1, 0.15) is 85.5 Å². The van der Waals surface area contributed by atoms with Gasteiger partial charge in [-0.2, -0.15) is 13.2 Å². The van der Waals surface area contributed by atoms with E-state index in [0.29, 0.717) is 36.0 Å². The van der Waals surface area contributed by atoms with E-state index < -0.39 is 11.8 Å². The van der Waals surface area contributed by atoms with Crippen molar-refractivity contribution in [1.82, 2.24) is 0 Å². The lowest BCUT2D eigenvalue weighted by Gasteiger charge is -2.62. The molecule has 0 heterocycles. The van der Waals surface area contributed by atoms with Crippen molar-refractivity contribution in [2.24, 2.45) is 46.3 Å². The second-order valence-corrected chi connectivity index (χ2v) is 11.7. The first-order chi connectivity index (χ1) is 13.3. The summed E-state index contributed by atoms with van der Waals surface area (Å²) in [6, 6.07) is 0. The molecule has 4 fully saturated rings. The largest absolute Gasteiger partial charge is 0.417 e.